The van der Waals surface area contributed by atoms with E-state index in [-0.39, 0.29) is 24.0 Å². The maximum Gasteiger partial charge on any atom is 0.253 e. The molecule has 0 bridgehead atoms. The van der Waals surface area contributed by atoms with Crippen molar-refractivity contribution in [3.05, 3.63) is 22.8 Å². The van der Waals surface area contributed by atoms with E-state index < -0.39 is 0 Å². The first kappa shape index (κ1) is 16.6. The van der Waals surface area contributed by atoms with E-state index in [0.29, 0.717) is 48.7 Å². The van der Waals surface area contributed by atoms with E-state index in [1.807, 2.05) is 4.90 Å². The van der Waals surface area contributed by atoms with Crippen LogP contribution in [0.1, 0.15) is 36.0 Å². The number of ether oxygens (including phenoxy) is 2. The van der Waals surface area contributed by atoms with Crippen molar-refractivity contribution in [3.8, 4) is 5.88 Å². The van der Waals surface area contributed by atoms with Crippen LogP contribution >= 0.6 is 11.6 Å². The molecule has 1 N–H and O–H groups in total. The summed E-state index contributed by atoms with van der Waals surface area (Å²) in [6.45, 7) is 1.77. The van der Waals surface area contributed by atoms with Gasteiger partial charge in [-0.3, -0.25) is 9.59 Å². The fourth-order valence-electron chi connectivity index (χ4n) is 3.24. The molecule has 25 heavy (non-hydrogen) atoms. The van der Waals surface area contributed by atoms with Crippen LogP contribution in [0.25, 0.3) is 0 Å². The third-order valence-electron chi connectivity index (χ3n) is 4.72. The van der Waals surface area contributed by atoms with Crippen molar-refractivity contribution in [2.75, 3.05) is 19.8 Å². The van der Waals surface area contributed by atoms with Crippen LogP contribution < -0.4 is 10.1 Å². The number of likely N-dealkylation sites (tertiary alicyclic amines) is 1. The van der Waals surface area contributed by atoms with Crippen LogP contribution in [0.3, 0.4) is 0 Å². The van der Waals surface area contributed by atoms with Gasteiger partial charge < -0.3 is 19.7 Å². The van der Waals surface area contributed by atoms with E-state index in [9.17, 15) is 9.59 Å². The highest BCUT2D eigenvalue weighted by molar-refractivity contribution is 6.32. The Morgan fingerprint density at radius 1 is 1.40 bits per heavy atom. The number of pyridine rings is 1. The molecule has 2 atom stereocenters. The van der Waals surface area contributed by atoms with E-state index in [0.717, 1.165) is 19.3 Å². The molecule has 3 aliphatic rings. The molecule has 1 aliphatic carbocycles. The molecule has 2 unspecified atom stereocenters. The summed E-state index contributed by atoms with van der Waals surface area (Å²) in [4.78, 5) is 30.4. The summed E-state index contributed by atoms with van der Waals surface area (Å²) in [6.07, 6.45) is 4.68. The highest BCUT2D eigenvalue weighted by Crippen LogP contribution is 2.31. The van der Waals surface area contributed by atoms with Crippen molar-refractivity contribution in [1.82, 2.24) is 15.2 Å². The maximum atomic E-state index is 12.4. The molecule has 4 rings (SSSR count). The largest absolute Gasteiger partial charge is 0.471 e. The monoisotopic (exact) mass is 365 g/mol. The number of nitrogens with zero attached hydrogens (tertiary/aromatic N) is 2. The number of hydrogen-bond donors (Lipinski definition) is 1. The smallest absolute Gasteiger partial charge is 0.253 e. The molecule has 3 heterocycles. The molecule has 1 saturated carbocycles. The van der Waals surface area contributed by atoms with Gasteiger partial charge in [0.25, 0.3) is 5.91 Å². The SMILES string of the molecule is O=C(NC1CC(=O)N(C2CC2)C1)c1cnc(OC2CCOC2)c(Cl)c1. The first-order valence-corrected chi connectivity index (χ1v) is 8.98. The second-order valence-corrected chi connectivity index (χ2v) is 7.17. The molecule has 2 aliphatic heterocycles. The van der Waals surface area contributed by atoms with Crippen molar-refractivity contribution >= 4 is 23.4 Å². The number of carbonyl (C=O) groups is 2. The van der Waals surface area contributed by atoms with E-state index in [2.05, 4.69) is 10.3 Å². The van der Waals surface area contributed by atoms with Gasteiger partial charge in [0, 0.05) is 31.6 Å². The normalized spacial score (nSPS) is 26.1. The van der Waals surface area contributed by atoms with Gasteiger partial charge >= 0.3 is 0 Å². The summed E-state index contributed by atoms with van der Waals surface area (Å²) >= 11 is 6.19. The van der Waals surface area contributed by atoms with Crippen LogP contribution in [0.2, 0.25) is 5.02 Å². The van der Waals surface area contributed by atoms with Gasteiger partial charge in [0.2, 0.25) is 11.8 Å². The quantitative estimate of drug-likeness (QED) is 0.853. The summed E-state index contributed by atoms with van der Waals surface area (Å²) in [5, 5.41) is 3.19. The van der Waals surface area contributed by atoms with Gasteiger partial charge in [0.15, 0.2) is 0 Å². The minimum absolute atomic E-state index is 0.0532. The van der Waals surface area contributed by atoms with Crippen molar-refractivity contribution < 1.29 is 19.1 Å². The Morgan fingerprint density at radius 3 is 2.92 bits per heavy atom. The Kier molecular flexibility index (Phi) is 4.52. The van der Waals surface area contributed by atoms with Gasteiger partial charge in [-0.15, -0.1) is 0 Å². The van der Waals surface area contributed by atoms with Crippen molar-refractivity contribution in [1.29, 1.82) is 0 Å². The third kappa shape index (κ3) is 3.72. The summed E-state index contributed by atoms with van der Waals surface area (Å²) in [5.41, 5.74) is 0.359. The van der Waals surface area contributed by atoms with Gasteiger partial charge in [0.1, 0.15) is 11.1 Å². The molecule has 8 heteroatoms. The van der Waals surface area contributed by atoms with E-state index in [1.54, 1.807) is 6.07 Å². The number of hydrogen-bond acceptors (Lipinski definition) is 5. The number of amides is 2. The lowest BCUT2D eigenvalue weighted by atomic mass is 10.2. The fourth-order valence-corrected chi connectivity index (χ4v) is 3.45. The van der Waals surface area contributed by atoms with Crippen molar-refractivity contribution in [2.45, 2.75) is 43.9 Å². The molecule has 1 aromatic rings. The number of nitrogens with one attached hydrogen (secondary N) is 1. The zero-order valence-corrected chi connectivity index (χ0v) is 14.5. The molecule has 2 amide bonds. The van der Waals surface area contributed by atoms with Gasteiger partial charge in [0.05, 0.1) is 24.8 Å². The molecule has 1 aromatic heterocycles. The summed E-state index contributed by atoms with van der Waals surface area (Å²) < 4.78 is 10.9. The van der Waals surface area contributed by atoms with Crippen LogP contribution in [-0.2, 0) is 9.53 Å². The zero-order chi connectivity index (χ0) is 17.4. The standard InChI is InChI=1S/C17H20ClN3O4/c18-14-5-10(7-19-17(14)25-13-3-4-24-9-13)16(23)20-11-6-15(22)21(8-11)12-1-2-12/h5,7,11-13H,1-4,6,8-9H2,(H,20,23). The third-order valence-corrected chi connectivity index (χ3v) is 4.99. The Labute approximate surface area is 150 Å². The molecule has 2 saturated heterocycles. The van der Waals surface area contributed by atoms with Crippen LogP contribution in [0, 0.1) is 0 Å². The highest BCUT2D eigenvalue weighted by atomic mass is 35.5. The maximum absolute atomic E-state index is 12.4. The molecule has 134 valence electrons. The minimum Gasteiger partial charge on any atom is -0.471 e. The lowest BCUT2D eigenvalue weighted by molar-refractivity contribution is -0.128. The molecule has 3 fully saturated rings. The first-order chi connectivity index (χ1) is 12.1. The number of rotatable bonds is 5. The Bertz CT molecular complexity index is 688. The average molecular weight is 366 g/mol. The molecular weight excluding hydrogens is 346 g/mol. The minimum atomic E-state index is -0.277. The first-order valence-electron chi connectivity index (χ1n) is 8.60. The lowest BCUT2D eigenvalue weighted by Crippen LogP contribution is -2.37. The molecule has 7 nitrogen and oxygen atoms in total. The van der Waals surface area contributed by atoms with Crippen LogP contribution in [0.15, 0.2) is 12.3 Å². The molecule has 0 aromatic carbocycles. The number of halogens is 1. The summed E-state index contributed by atoms with van der Waals surface area (Å²) in [5.74, 6) is 0.150. The average Bonchev–Trinajstić information content (AvgIpc) is 3.17. The van der Waals surface area contributed by atoms with Crippen LogP contribution in [0.5, 0.6) is 5.88 Å². The molecule has 0 radical (unpaired) electrons. The van der Waals surface area contributed by atoms with Crippen molar-refractivity contribution in [3.63, 3.8) is 0 Å². The Hall–Kier alpha value is -1.86. The van der Waals surface area contributed by atoms with Crippen LogP contribution in [-0.4, -0.2) is 59.6 Å². The Balaban J connectivity index is 1.37. The number of aromatic nitrogens is 1. The zero-order valence-electron chi connectivity index (χ0n) is 13.7. The predicted octanol–water partition coefficient (Wildman–Crippen LogP) is 1.40. The van der Waals surface area contributed by atoms with E-state index in [4.69, 9.17) is 21.1 Å². The van der Waals surface area contributed by atoms with Gasteiger partial charge in [-0.2, -0.15) is 0 Å². The topological polar surface area (TPSA) is 80.8 Å². The second-order valence-electron chi connectivity index (χ2n) is 6.77. The van der Waals surface area contributed by atoms with Gasteiger partial charge in [-0.05, 0) is 18.9 Å². The summed E-state index contributed by atoms with van der Waals surface area (Å²) in [6, 6.07) is 1.76. The lowest BCUT2D eigenvalue weighted by Gasteiger charge is -2.16. The fraction of sp³-hybridized carbons (Fsp3) is 0.588. The highest BCUT2D eigenvalue weighted by Gasteiger charge is 2.39. The van der Waals surface area contributed by atoms with Gasteiger partial charge in [-0.25, -0.2) is 4.98 Å². The van der Waals surface area contributed by atoms with E-state index in [1.165, 1.54) is 6.20 Å². The van der Waals surface area contributed by atoms with E-state index >= 15 is 0 Å². The van der Waals surface area contributed by atoms with Crippen molar-refractivity contribution in [2.24, 2.45) is 0 Å². The summed E-state index contributed by atoms with van der Waals surface area (Å²) in [7, 11) is 0. The Morgan fingerprint density at radius 2 is 2.24 bits per heavy atom. The second kappa shape index (κ2) is 6.80. The molecule has 0 spiro atoms. The number of carbonyl (C=O) groups excluding carboxylic acids is 2. The van der Waals surface area contributed by atoms with Gasteiger partial charge in [-0.1, -0.05) is 11.6 Å². The molecular formula is C17H20ClN3O4. The predicted molar refractivity (Wildman–Crippen MR) is 89.7 cm³/mol. The van der Waals surface area contributed by atoms with Crippen LogP contribution in [0.4, 0.5) is 0 Å².